The number of nitrogens with one attached hydrogen (secondary N) is 2. The maximum atomic E-state index is 13.2. The van der Waals surface area contributed by atoms with Gasteiger partial charge in [-0.05, 0) is 56.2 Å². The summed E-state index contributed by atoms with van der Waals surface area (Å²) in [5.74, 6) is -0.0920. The van der Waals surface area contributed by atoms with E-state index in [1.54, 1.807) is 0 Å². The zero-order valence-corrected chi connectivity index (χ0v) is 20.3. The summed E-state index contributed by atoms with van der Waals surface area (Å²) < 4.78 is 0. The van der Waals surface area contributed by atoms with Crippen molar-refractivity contribution in [3.63, 3.8) is 0 Å². The van der Waals surface area contributed by atoms with E-state index < -0.39 is 0 Å². The Labute approximate surface area is 206 Å². The van der Waals surface area contributed by atoms with Gasteiger partial charge in [0.25, 0.3) is 0 Å². The van der Waals surface area contributed by atoms with Gasteiger partial charge in [-0.25, -0.2) is 0 Å². The van der Waals surface area contributed by atoms with Gasteiger partial charge in [0.05, 0.1) is 23.3 Å². The Morgan fingerprint density at radius 1 is 0.914 bits per heavy atom. The molecule has 5 rings (SSSR count). The number of Topliss-reactive ketones (excluding diaryl/α,β-unsaturated/α-hetero) is 1. The molecule has 1 aliphatic heterocycles. The fraction of sp³-hybridized carbons (Fsp3) is 0.267. The molecule has 178 valence electrons. The topological polar surface area (TPSA) is 61.4 Å². The Hall–Kier alpha value is -3.86. The molecular weight excluding hydrogens is 434 g/mol. The number of ketones is 2. The number of fused-ring (bicyclic) bond motifs is 2. The van der Waals surface area contributed by atoms with E-state index in [1.807, 2.05) is 48.5 Å². The molecule has 5 heteroatoms. The molecule has 0 radical (unpaired) electrons. The van der Waals surface area contributed by atoms with E-state index in [0.29, 0.717) is 17.5 Å². The van der Waals surface area contributed by atoms with E-state index >= 15 is 0 Å². The van der Waals surface area contributed by atoms with Crippen LogP contribution in [0.3, 0.4) is 0 Å². The lowest BCUT2D eigenvalue weighted by molar-refractivity contribution is -0.122. The van der Waals surface area contributed by atoms with Gasteiger partial charge in [0.2, 0.25) is 0 Å². The molecule has 1 heterocycles. The largest absolute Gasteiger partial charge is 0.375 e. The Balaban J connectivity index is 1.52. The average Bonchev–Trinajstić information content (AvgIpc) is 3.07. The first-order chi connectivity index (χ1) is 17.1. The molecule has 0 bridgehead atoms. The zero-order chi connectivity index (χ0) is 24.4. The molecule has 2 N–H and O–H groups in total. The van der Waals surface area contributed by atoms with Crippen LogP contribution in [0.25, 0.3) is 0 Å². The van der Waals surface area contributed by atoms with Crippen molar-refractivity contribution < 1.29 is 9.59 Å². The van der Waals surface area contributed by atoms with E-state index in [1.165, 1.54) is 5.69 Å². The highest BCUT2D eigenvalue weighted by atomic mass is 16.1. The molecule has 0 spiro atoms. The SMILES string of the molecule is CCN(CC)c1ccc([C@@H]2Nc3ccc(C(=O)c4ccccc4)cc3NC3=CCCC(=O)[C@H]32)cc1. The van der Waals surface area contributed by atoms with Crippen LogP contribution in [0, 0.1) is 5.92 Å². The summed E-state index contributed by atoms with van der Waals surface area (Å²) in [4.78, 5) is 28.5. The van der Waals surface area contributed by atoms with Gasteiger partial charge in [-0.1, -0.05) is 48.5 Å². The summed E-state index contributed by atoms with van der Waals surface area (Å²) in [6, 6.07) is 23.3. The number of anilines is 3. The van der Waals surface area contributed by atoms with Crippen LogP contribution in [0.1, 0.15) is 54.2 Å². The monoisotopic (exact) mass is 465 g/mol. The number of nitrogens with zero attached hydrogens (tertiary/aromatic N) is 1. The van der Waals surface area contributed by atoms with Crippen LogP contribution < -0.4 is 15.5 Å². The smallest absolute Gasteiger partial charge is 0.193 e. The number of rotatable bonds is 6. The van der Waals surface area contributed by atoms with Crippen LogP contribution >= 0.6 is 0 Å². The fourth-order valence-corrected chi connectivity index (χ4v) is 5.15. The first-order valence-corrected chi connectivity index (χ1v) is 12.4. The van der Waals surface area contributed by atoms with Gasteiger partial charge in [0.15, 0.2) is 5.78 Å². The van der Waals surface area contributed by atoms with E-state index in [2.05, 4.69) is 59.7 Å². The molecule has 5 nitrogen and oxygen atoms in total. The van der Waals surface area contributed by atoms with Gasteiger partial charge >= 0.3 is 0 Å². The van der Waals surface area contributed by atoms with Crippen molar-refractivity contribution in [1.82, 2.24) is 0 Å². The van der Waals surface area contributed by atoms with Crippen molar-refractivity contribution in [3.05, 3.63) is 101 Å². The van der Waals surface area contributed by atoms with Crippen LogP contribution in [0.15, 0.2) is 84.6 Å². The lowest BCUT2D eigenvalue weighted by Gasteiger charge is -2.30. The molecule has 0 fully saturated rings. The van der Waals surface area contributed by atoms with E-state index in [-0.39, 0.29) is 23.5 Å². The third-order valence-electron chi connectivity index (χ3n) is 7.06. The van der Waals surface area contributed by atoms with E-state index in [4.69, 9.17) is 0 Å². The summed E-state index contributed by atoms with van der Waals surface area (Å²) in [5, 5.41) is 7.14. The van der Waals surface area contributed by atoms with Crippen LogP contribution in [-0.2, 0) is 4.79 Å². The molecule has 0 saturated carbocycles. The second-order valence-corrected chi connectivity index (χ2v) is 9.11. The second-order valence-electron chi connectivity index (χ2n) is 9.11. The lowest BCUT2D eigenvalue weighted by atomic mass is 9.82. The Bertz CT molecular complexity index is 1260. The number of allylic oxidation sites excluding steroid dienone is 1. The summed E-state index contributed by atoms with van der Waals surface area (Å²) in [6.07, 6.45) is 3.40. The standard InChI is InChI=1S/C30H31N3O2/c1-3-33(4-2)23-16-13-20(14-17-23)29-28-25(11-8-12-27(28)34)31-26-19-22(15-18-24(26)32-29)30(35)21-9-6-5-7-10-21/h5-7,9-11,13-19,28-29,31-32H,3-4,8,12H2,1-2H3/t28-,29-/m0/s1. The predicted octanol–water partition coefficient (Wildman–Crippen LogP) is 6.21. The number of hydrogen-bond acceptors (Lipinski definition) is 5. The Morgan fingerprint density at radius 3 is 2.37 bits per heavy atom. The molecule has 3 aromatic rings. The Morgan fingerprint density at radius 2 is 1.66 bits per heavy atom. The molecule has 0 saturated heterocycles. The molecule has 0 amide bonds. The summed E-state index contributed by atoms with van der Waals surface area (Å²) in [6.45, 7) is 6.21. The van der Waals surface area contributed by atoms with Gasteiger partial charge in [0, 0.05) is 42.0 Å². The number of carbonyl (C=O) groups is 2. The molecule has 35 heavy (non-hydrogen) atoms. The van der Waals surface area contributed by atoms with Crippen LogP contribution in [0.4, 0.5) is 17.1 Å². The van der Waals surface area contributed by atoms with Crippen molar-refractivity contribution in [2.45, 2.75) is 32.7 Å². The third kappa shape index (κ3) is 4.46. The second kappa shape index (κ2) is 9.79. The molecule has 0 unspecified atom stereocenters. The molecule has 3 aromatic carbocycles. The van der Waals surface area contributed by atoms with Gasteiger partial charge in [0.1, 0.15) is 5.78 Å². The molecule has 0 aromatic heterocycles. The van der Waals surface area contributed by atoms with Gasteiger partial charge in [-0.15, -0.1) is 0 Å². The first kappa shape index (κ1) is 22.9. The molecule has 1 aliphatic carbocycles. The average molecular weight is 466 g/mol. The maximum Gasteiger partial charge on any atom is 0.193 e. The minimum atomic E-state index is -0.302. The van der Waals surface area contributed by atoms with Crippen molar-refractivity contribution in [3.8, 4) is 0 Å². The first-order valence-electron chi connectivity index (χ1n) is 12.4. The highest BCUT2D eigenvalue weighted by Gasteiger charge is 2.37. The molecule has 2 atom stereocenters. The summed E-state index contributed by atoms with van der Waals surface area (Å²) >= 11 is 0. The maximum absolute atomic E-state index is 13.2. The van der Waals surface area contributed by atoms with Crippen LogP contribution in [0.5, 0.6) is 0 Å². The summed E-state index contributed by atoms with van der Waals surface area (Å²) in [7, 11) is 0. The normalized spacial score (nSPS) is 18.8. The fourth-order valence-electron chi connectivity index (χ4n) is 5.15. The van der Waals surface area contributed by atoms with E-state index in [0.717, 1.165) is 42.1 Å². The van der Waals surface area contributed by atoms with Crippen molar-refractivity contribution in [2.75, 3.05) is 28.6 Å². The highest BCUT2D eigenvalue weighted by Crippen LogP contribution is 2.42. The quantitative estimate of drug-likeness (QED) is 0.424. The number of hydrogen-bond donors (Lipinski definition) is 2. The third-order valence-corrected chi connectivity index (χ3v) is 7.06. The van der Waals surface area contributed by atoms with Crippen molar-refractivity contribution in [1.29, 1.82) is 0 Å². The van der Waals surface area contributed by atoms with Crippen LogP contribution in [0.2, 0.25) is 0 Å². The molecule has 2 aliphatic rings. The Kier molecular flexibility index (Phi) is 6.41. The minimum Gasteiger partial charge on any atom is -0.375 e. The highest BCUT2D eigenvalue weighted by molar-refractivity contribution is 6.10. The van der Waals surface area contributed by atoms with Gasteiger partial charge in [-0.2, -0.15) is 0 Å². The predicted molar refractivity (Wildman–Crippen MR) is 142 cm³/mol. The van der Waals surface area contributed by atoms with Gasteiger partial charge in [-0.3, -0.25) is 9.59 Å². The van der Waals surface area contributed by atoms with Crippen molar-refractivity contribution in [2.24, 2.45) is 5.92 Å². The zero-order valence-electron chi connectivity index (χ0n) is 20.3. The lowest BCUT2D eigenvalue weighted by Crippen LogP contribution is -2.32. The summed E-state index contributed by atoms with van der Waals surface area (Å²) in [5.41, 5.74) is 6.15. The number of carbonyl (C=O) groups excluding carboxylic acids is 2. The van der Waals surface area contributed by atoms with E-state index in [9.17, 15) is 9.59 Å². The minimum absolute atomic E-state index is 0.0201. The van der Waals surface area contributed by atoms with Crippen LogP contribution in [-0.4, -0.2) is 24.7 Å². The number of benzene rings is 3. The van der Waals surface area contributed by atoms with Gasteiger partial charge < -0.3 is 15.5 Å². The molecular formula is C30H31N3O2. The van der Waals surface area contributed by atoms with Crippen molar-refractivity contribution >= 4 is 28.6 Å².